The zero-order chi connectivity index (χ0) is 23.3. The van der Waals surface area contributed by atoms with E-state index in [0.29, 0.717) is 29.5 Å². The second kappa shape index (κ2) is 9.06. The molecule has 0 spiro atoms. The van der Waals surface area contributed by atoms with Gasteiger partial charge in [-0.1, -0.05) is 59.5 Å². The highest BCUT2D eigenvalue weighted by Gasteiger charge is 2.62. The summed E-state index contributed by atoms with van der Waals surface area (Å²) in [4.78, 5) is 13.4. The highest BCUT2D eigenvalue weighted by atomic mass is 16.4. The van der Waals surface area contributed by atoms with Crippen molar-refractivity contribution in [3.05, 3.63) is 0 Å². The maximum atomic E-state index is 13.4. The molecule has 182 valence electrons. The fourth-order valence-electron chi connectivity index (χ4n) is 9.60. The van der Waals surface area contributed by atoms with E-state index in [1.807, 2.05) is 0 Å². The molecule has 4 aliphatic rings. The van der Waals surface area contributed by atoms with Crippen LogP contribution in [0.25, 0.3) is 0 Å². The predicted molar refractivity (Wildman–Crippen MR) is 132 cm³/mol. The van der Waals surface area contributed by atoms with Crippen molar-refractivity contribution in [1.29, 1.82) is 0 Å². The molecule has 1 N–H and O–H groups in total. The van der Waals surface area contributed by atoms with Crippen LogP contribution in [0.2, 0.25) is 0 Å². The Morgan fingerprint density at radius 2 is 1.72 bits per heavy atom. The average Bonchev–Trinajstić information content (AvgIpc) is 3.11. The number of hydrogen-bond donors (Lipinski definition) is 1. The van der Waals surface area contributed by atoms with Crippen LogP contribution < -0.4 is 0 Å². The summed E-state index contributed by atoms with van der Waals surface area (Å²) in [5.41, 5.74) is 1.39. The standard InChI is InChI=1S/C29H49NO2/c1-7-20(18(2)3)9-8-19(4)23-10-11-24-22-17-27(31)26-16-21(30-32)12-14-29(26,6)25(22)13-15-28(23,24)5/h18-20,22-26,32H,7-17H2,1-6H3/b30-21+/t19-,20-,22+,23-,24+,25+,26-,28-,29-/m1/s1. The van der Waals surface area contributed by atoms with E-state index in [-0.39, 0.29) is 11.3 Å². The molecule has 3 heteroatoms. The minimum atomic E-state index is 0.0888. The molecule has 0 unspecified atom stereocenters. The van der Waals surface area contributed by atoms with E-state index in [9.17, 15) is 10.0 Å². The molecule has 0 aromatic carbocycles. The van der Waals surface area contributed by atoms with Crippen LogP contribution >= 0.6 is 0 Å². The van der Waals surface area contributed by atoms with Crippen molar-refractivity contribution in [3.8, 4) is 0 Å². The molecule has 0 radical (unpaired) electrons. The van der Waals surface area contributed by atoms with Crippen molar-refractivity contribution in [3.63, 3.8) is 0 Å². The molecule has 0 aromatic rings. The van der Waals surface area contributed by atoms with Crippen LogP contribution in [-0.4, -0.2) is 16.7 Å². The first-order valence-electron chi connectivity index (χ1n) is 13.9. The van der Waals surface area contributed by atoms with Crippen molar-refractivity contribution < 1.29 is 10.0 Å². The summed E-state index contributed by atoms with van der Waals surface area (Å²) in [6.07, 6.45) is 12.8. The lowest BCUT2D eigenvalue weighted by molar-refractivity contribution is -0.150. The SMILES string of the molecule is CC[C@H](CC[C@@H](C)[C@H]1CC[C@H]2[C@@H]3CC(=O)[C@H]4C/C(=N/O)CC[C@]4(C)[C@H]3CC[C@]12C)C(C)C. The van der Waals surface area contributed by atoms with Gasteiger partial charge in [-0.05, 0) is 104 Å². The largest absolute Gasteiger partial charge is 0.411 e. The monoisotopic (exact) mass is 443 g/mol. The zero-order valence-electron chi connectivity index (χ0n) is 21.7. The first kappa shape index (κ1) is 24.3. The molecular weight excluding hydrogens is 394 g/mol. The van der Waals surface area contributed by atoms with Gasteiger partial charge in [0.2, 0.25) is 0 Å². The van der Waals surface area contributed by atoms with Gasteiger partial charge in [-0.3, -0.25) is 4.79 Å². The van der Waals surface area contributed by atoms with Crippen LogP contribution in [-0.2, 0) is 4.79 Å². The molecule has 3 nitrogen and oxygen atoms in total. The van der Waals surface area contributed by atoms with E-state index in [0.717, 1.165) is 54.6 Å². The molecule has 32 heavy (non-hydrogen) atoms. The second-order valence-electron chi connectivity index (χ2n) is 13.2. The molecule has 0 aromatic heterocycles. The summed E-state index contributed by atoms with van der Waals surface area (Å²) in [6.45, 7) is 14.7. The van der Waals surface area contributed by atoms with Gasteiger partial charge >= 0.3 is 0 Å². The fraction of sp³-hybridized carbons (Fsp3) is 0.931. The molecule has 0 amide bonds. The lowest BCUT2D eigenvalue weighted by Crippen LogP contribution is -2.56. The highest BCUT2D eigenvalue weighted by molar-refractivity contribution is 5.93. The zero-order valence-corrected chi connectivity index (χ0v) is 21.7. The molecule has 4 saturated carbocycles. The Bertz CT molecular complexity index is 729. The summed E-state index contributed by atoms with van der Waals surface area (Å²) in [5, 5.41) is 12.8. The summed E-state index contributed by atoms with van der Waals surface area (Å²) < 4.78 is 0. The van der Waals surface area contributed by atoms with Crippen LogP contribution in [0.15, 0.2) is 5.16 Å². The molecular formula is C29H49NO2. The Balaban J connectivity index is 1.49. The van der Waals surface area contributed by atoms with E-state index in [4.69, 9.17) is 0 Å². The maximum absolute atomic E-state index is 13.4. The molecule has 0 aliphatic heterocycles. The quantitative estimate of drug-likeness (QED) is 0.337. The van der Waals surface area contributed by atoms with Gasteiger partial charge in [0.1, 0.15) is 5.78 Å². The van der Waals surface area contributed by atoms with E-state index < -0.39 is 0 Å². The Morgan fingerprint density at radius 3 is 2.38 bits per heavy atom. The molecule has 9 atom stereocenters. The second-order valence-corrected chi connectivity index (χ2v) is 13.2. The summed E-state index contributed by atoms with van der Waals surface area (Å²) in [5.74, 6) is 5.86. The number of rotatable bonds is 6. The molecule has 4 aliphatic carbocycles. The predicted octanol–water partition coefficient (Wildman–Crippen LogP) is 7.75. The smallest absolute Gasteiger partial charge is 0.137 e. The van der Waals surface area contributed by atoms with Crippen molar-refractivity contribution in [2.45, 2.75) is 112 Å². The number of carbonyl (C=O) groups excluding carboxylic acids is 1. The number of oxime groups is 1. The molecule has 0 saturated heterocycles. The average molecular weight is 444 g/mol. The molecule has 0 bridgehead atoms. The lowest BCUT2D eigenvalue weighted by atomic mass is 9.44. The van der Waals surface area contributed by atoms with Gasteiger partial charge in [0.15, 0.2) is 0 Å². The summed E-state index contributed by atoms with van der Waals surface area (Å²) in [7, 11) is 0. The number of nitrogens with zero attached hydrogens (tertiary/aromatic N) is 1. The van der Waals surface area contributed by atoms with Gasteiger partial charge in [0.25, 0.3) is 0 Å². The van der Waals surface area contributed by atoms with E-state index in [2.05, 4.69) is 46.7 Å². The van der Waals surface area contributed by atoms with Crippen LogP contribution in [0, 0.1) is 58.2 Å². The third-order valence-corrected chi connectivity index (χ3v) is 11.7. The molecule has 4 fully saturated rings. The van der Waals surface area contributed by atoms with Gasteiger partial charge < -0.3 is 5.21 Å². The summed E-state index contributed by atoms with van der Waals surface area (Å²) >= 11 is 0. The summed E-state index contributed by atoms with van der Waals surface area (Å²) in [6, 6.07) is 0. The number of Topliss-reactive ketones (excluding diaryl/α,β-unsaturated/α-hetero) is 1. The van der Waals surface area contributed by atoms with E-state index >= 15 is 0 Å². The highest BCUT2D eigenvalue weighted by Crippen LogP contribution is 2.67. The van der Waals surface area contributed by atoms with Gasteiger partial charge in [0.05, 0.1) is 5.71 Å². The van der Waals surface area contributed by atoms with E-state index in [1.54, 1.807) is 0 Å². The van der Waals surface area contributed by atoms with Crippen molar-refractivity contribution in [1.82, 2.24) is 0 Å². The Hall–Kier alpha value is -0.860. The van der Waals surface area contributed by atoms with Gasteiger partial charge in [0, 0.05) is 12.3 Å². The first-order valence-corrected chi connectivity index (χ1v) is 13.9. The van der Waals surface area contributed by atoms with Crippen molar-refractivity contribution in [2.24, 2.45) is 63.3 Å². The first-order chi connectivity index (χ1) is 15.2. The van der Waals surface area contributed by atoms with Gasteiger partial charge in [-0.2, -0.15) is 0 Å². The Kier molecular flexibility index (Phi) is 6.87. The van der Waals surface area contributed by atoms with Crippen LogP contribution in [0.3, 0.4) is 0 Å². The minimum absolute atomic E-state index is 0.0888. The number of fused-ring (bicyclic) bond motifs is 5. The Morgan fingerprint density at radius 1 is 1.00 bits per heavy atom. The maximum Gasteiger partial charge on any atom is 0.137 e. The van der Waals surface area contributed by atoms with Crippen LogP contribution in [0.4, 0.5) is 0 Å². The minimum Gasteiger partial charge on any atom is -0.411 e. The number of carbonyl (C=O) groups is 1. The number of hydrogen-bond acceptors (Lipinski definition) is 3. The molecule has 0 heterocycles. The third-order valence-electron chi connectivity index (χ3n) is 11.7. The number of ketones is 1. The topological polar surface area (TPSA) is 49.7 Å². The van der Waals surface area contributed by atoms with Crippen molar-refractivity contribution in [2.75, 3.05) is 0 Å². The molecule has 4 rings (SSSR count). The van der Waals surface area contributed by atoms with Crippen LogP contribution in [0.5, 0.6) is 0 Å². The van der Waals surface area contributed by atoms with Crippen molar-refractivity contribution >= 4 is 11.5 Å². The fourth-order valence-corrected chi connectivity index (χ4v) is 9.60. The van der Waals surface area contributed by atoms with E-state index in [1.165, 1.54) is 44.9 Å². The van der Waals surface area contributed by atoms with Gasteiger partial charge in [-0.25, -0.2) is 0 Å². The van der Waals surface area contributed by atoms with Gasteiger partial charge in [-0.15, -0.1) is 0 Å². The lowest BCUT2D eigenvalue weighted by Gasteiger charge is -2.60. The van der Waals surface area contributed by atoms with Crippen LogP contribution in [0.1, 0.15) is 112 Å². The Labute approximate surface area is 197 Å². The normalized spacial score (nSPS) is 44.8. The third kappa shape index (κ3) is 3.88.